The van der Waals surface area contributed by atoms with E-state index in [-0.39, 0.29) is 0 Å². The molecule has 0 rings (SSSR count). The van der Waals surface area contributed by atoms with Gasteiger partial charge in [0.15, 0.2) is 0 Å². The van der Waals surface area contributed by atoms with Crippen molar-refractivity contribution in [1.82, 2.24) is 5.32 Å². The van der Waals surface area contributed by atoms with E-state index in [1.807, 2.05) is 7.05 Å². The van der Waals surface area contributed by atoms with E-state index in [9.17, 15) is 0 Å². The van der Waals surface area contributed by atoms with Gasteiger partial charge in [-0.2, -0.15) is 10.2 Å². The van der Waals surface area contributed by atoms with Gasteiger partial charge in [-0.3, -0.25) is 0 Å². The van der Waals surface area contributed by atoms with Crippen LogP contribution in [0.3, 0.4) is 0 Å². The largest absolute Gasteiger partial charge is 0.393 e. The van der Waals surface area contributed by atoms with Crippen LogP contribution < -0.4 is 5.32 Å². The third-order valence-corrected chi connectivity index (χ3v) is 0.423. The maximum atomic E-state index is 3.54. The minimum Gasteiger partial charge on any atom is -0.393 e. The van der Waals surface area contributed by atoms with E-state index in [4.69, 9.17) is 0 Å². The second kappa shape index (κ2) is 5.14. The molecule has 0 atom stereocenters. The summed E-state index contributed by atoms with van der Waals surface area (Å²) >= 11 is 0. The van der Waals surface area contributed by atoms with Crippen LogP contribution in [0.15, 0.2) is 22.6 Å². The van der Waals surface area contributed by atoms with E-state index in [1.165, 1.54) is 0 Å². The number of hydrogen-bond donors (Lipinski definition) is 1. The summed E-state index contributed by atoms with van der Waals surface area (Å²) in [6, 6.07) is 0. The van der Waals surface area contributed by atoms with E-state index in [0.717, 1.165) is 0 Å². The lowest BCUT2D eigenvalue weighted by Gasteiger charge is -1.76. The first-order valence-electron chi connectivity index (χ1n) is 2.03. The Morgan fingerprint density at radius 1 is 1.57 bits per heavy atom. The third-order valence-electron chi connectivity index (χ3n) is 0.423. The summed E-state index contributed by atoms with van der Waals surface area (Å²) in [6.45, 7) is 0. The van der Waals surface area contributed by atoms with Gasteiger partial charge in [-0.05, 0) is 0 Å². The highest BCUT2D eigenvalue weighted by atomic mass is 15.1. The van der Waals surface area contributed by atoms with Crippen molar-refractivity contribution in [2.24, 2.45) is 10.2 Å². The van der Waals surface area contributed by atoms with E-state index < -0.39 is 0 Å². The lowest BCUT2D eigenvalue weighted by molar-refractivity contribution is 1.07. The Balaban J connectivity index is 3.09. The average molecular weight is 99.1 g/mol. The molecule has 7 heavy (non-hydrogen) atoms. The molecule has 0 aliphatic heterocycles. The van der Waals surface area contributed by atoms with Crippen molar-refractivity contribution < 1.29 is 0 Å². The molecule has 0 fully saturated rings. The fraction of sp³-hybridized carbons (Fsp3) is 0.500. The molecule has 1 N–H and O–H groups in total. The van der Waals surface area contributed by atoms with Crippen LogP contribution in [0.5, 0.6) is 0 Å². The van der Waals surface area contributed by atoms with Crippen molar-refractivity contribution in [3.63, 3.8) is 0 Å². The van der Waals surface area contributed by atoms with Crippen LogP contribution in [-0.4, -0.2) is 14.1 Å². The number of nitrogens with one attached hydrogen (secondary N) is 1. The second-order valence-corrected chi connectivity index (χ2v) is 0.920. The molecule has 3 nitrogen and oxygen atoms in total. The molecule has 0 aliphatic rings. The molecule has 0 saturated heterocycles. The summed E-state index contributed by atoms with van der Waals surface area (Å²) in [5.41, 5.74) is 0. The Morgan fingerprint density at radius 2 is 2.29 bits per heavy atom. The first-order valence-corrected chi connectivity index (χ1v) is 2.03. The van der Waals surface area contributed by atoms with Crippen molar-refractivity contribution >= 4 is 0 Å². The topological polar surface area (TPSA) is 36.8 Å². The van der Waals surface area contributed by atoms with Crippen LogP contribution in [0.4, 0.5) is 0 Å². The van der Waals surface area contributed by atoms with Crippen LogP contribution in [0.1, 0.15) is 0 Å². The highest BCUT2D eigenvalue weighted by Crippen LogP contribution is 1.68. The number of hydrogen-bond acceptors (Lipinski definition) is 3. The van der Waals surface area contributed by atoms with E-state index >= 15 is 0 Å². The summed E-state index contributed by atoms with van der Waals surface area (Å²) in [6.07, 6.45) is 3.28. The lowest BCUT2D eigenvalue weighted by Crippen LogP contribution is -1.89. The molecule has 0 aromatic carbocycles. The van der Waals surface area contributed by atoms with Gasteiger partial charge in [-0.15, -0.1) is 0 Å². The van der Waals surface area contributed by atoms with Gasteiger partial charge in [-0.25, -0.2) is 0 Å². The Hall–Kier alpha value is -0.860. The van der Waals surface area contributed by atoms with E-state index in [0.29, 0.717) is 0 Å². The van der Waals surface area contributed by atoms with Gasteiger partial charge in [0.1, 0.15) is 0 Å². The van der Waals surface area contributed by atoms with Gasteiger partial charge in [0.25, 0.3) is 0 Å². The zero-order valence-corrected chi connectivity index (χ0v) is 4.55. The van der Waals surface area contributed by atoms with Gasteiger partial charge in [0.05, 0.1) is 6.20 Å². The molecule has 0 radical (unpaired) electrons. The van der Waals surface area contributed by atoms with E-state index in [2.05, 4.69) is 15.5 Å². The Kier molecular flexibility index (Phi) is 4.51. The molecule has 0 aromatic rings. The molecule has 0 spiro atoms. The van der Waals surface area contributed by atoms with Crippen LogP contribution >= 0.6 is 0 Å². The van der Waals surface area contributed by atoms with Gasteiger partial charge < -0.3 is 5.32 Å². The highest BCUT2D eigenvalue weighted by Gasteiger charge is 1.55. The standard InChI is InChI=1S/C4H9N3/c1-5-3-4-7-6-2/h3-5H,1-2H3/b4-3-,7-6-. The monoisotopic (exact) mass is 99.1 g/mol. The molecular formula is C4H9N3. The predicted molar refractivity (Wildman–Crippen MR) is 29.0 cm³/mol. The fourth-order valence-electron chi connectivity index (χ4n) is 0.175. The zero-order chi connectivity index (χ0) is 5.54. The molecule has 0 aliphatic carbocycles. The molecule has 0 aromatic heterocycles. The predicted octanol–water partition coefficient (Wildman–Crippen LogP) is 0.759. The minimum atomic E-state index is 1.58. The summed E-state index contributed by atoms with van der Waals surface area (Å²) in [4.78, 5) is 0. The normalized spacial score (nSPS) is 11.1. The van der Waals surface area contributed by atoms with Gasteiger partial charge in [-0.1, -0.05) is 0 Å². The number of azo groups is 1. The van der Waals surface area contributed by atoms with Crippen molar-refractivity contribution in [1.29, 1.82) is 0 Å². The zero-order valence-electron chi connectivity index (χ0n) is 4.55. The molecule has 0 saturated carbocycles. The van der Waals surface area contributed by atoms with Crippen LogP contribution in [0.2, 0.25) is 0 Å². The maximum absolute atomic E-state index is 3.54. The molecule has 40 valence electrons. The first kappa shape index (κ1) is 6.14. The summed E-state index contributed by atoms with van der Waals surface area (Å²) < 4.78 is 0. The lowest BCUT2D eigenvalue weighted by atomic mass is 10.9. The third kappa shape index (κ3) is 5.14. The average Bonchev–Trinajstić information content (AvgIpc) is 1.69. The second-order valence-electron chi connectivity index (χ2n) is 0.920. The van der Waals surface area contributed by atoms with Crippen molar-refractivity contribution in [2.45, 2.75) is 0 Å². The first-order chi connectivity index (χ1) is 3.41. The Morgan fingerprint density at radius 3 is 2.71 bits per heavy atom. The van der Waals surface area contributed by atoms with Gasteiger partial charge >= 0.3 is 0 Å². The van der Waals surface area contributed by atoms with Crippen LogP contribution in [0, 0.1) is 0 Å². The number of rotatable bonds is 2. The Bertz CT molecular complexity index is 75.0. The van der Waals surface area contributed by atoms with Gasteiger partial charge in [0, 0.05) is 20.3 Å². The summed E-state index contributed by atoms with van der Waals surface area (Å²) in [5.74, 6) is 0. The minimum absolute atomic E-state index is 1.58. The van der Waals surface area contributed by atoms with Crippen molar-refractivity contribution in [2.75, 3.05) is 14.1 Å². The smallest absolute Gasteiger partial charge is 0.0647 e. The Labute approximate surface area is 43.1 Å². The summed E-state index contributed by atoms with van der Waals surface area (Å²) in [5, 5.41) is 9.78. The molecule has 0 heterocycles. The molecule has 0 amide bonds. The number of nitrogens with zero attached hydrogens (tertiary/aromatic N) is 2. The highest BCUT2D eigenvalue weighted by molar-refractivity contribution is 4.72. The molecule has 0 bridgehead atoms. The SMILES string of the molecule is C/N=N\C=C/NC. The summed E-state index contributed by atoms with van der Waals surface area (Å²) in [7, 11) is 3.43. The fourth-order valence-corrected chi connectivity index (χ4v) is 0.175. The molecule has 0 unspecified atom stereocenters. The van der Waals surface area contributed by atoms with Gasteiger partial charge in [0.2, 0.25) is 0 Å². The van der Waals surface area contributed by atoms with Crippen LogP contribution in [-0.2, 0) is 0 Å². The van der Waals surface area contributed by atoms with Crippen molar-refractivity contribution in [3.05, 3.63) is 12.4 Å². The van der Waals surface area contributed by atoms with E-state index in [1.54, 1.807) is 19.4 Å². The van der Waals surface area contributed by atoms with Crippen LogP contribution in [0.25, 0.3) is 0 Å². The van der Waals surface area contributed by atoms with Crippen molar-refractivity contribution in [3.8, 4) is 0 Å². The maximum Gasteiger partial charge on any atom is 0.0647 e. The molecular weight excluding hydrogens is 90.1 g/mol. The quantitative estimate of drug-likeness (QED) is 0.510. The molecule has 3 heteroatoms.